The molecular weight excluding hydrogens is 496 g/mol. The van der Waals surface area contributed by atoms with E-state index < -0.39 is 6.29 Å². The number of methoxy groups -OCH3 is 2. The summed E-state index contributed by atoms with van der Waals surface area (Å²) >= 11 is 0. The average molecular weight is 531 g/mol. The van der Waals surface area contributed by atoms with Crippen molar-refractivity contribution in [3.05, 3.63) is 95.7 Å². The lowest BCUT2D eigenvalue weighted by molar-refractivity contribution is -0.0668. The maximum atomic E-state index is 12.6. The molecule has 0 saturated carbocycles. The van der Waals surface area contributed by atoms with Gasteiger partial charge in [-0.15, -0.1) is 0 Å². The number of aryl methyl sites for hydroxylation is 1. The monoisotopic (exact) mass is 530 g/mol. The molecule has 1 aromatic heterocycles. The molecule has 2 aromatic carbocycles. The van der Waals surface area contributed by atoms with Crippen molar-refractivity contribution in [2.45, 2.75) is 31.6 Å². The summed E-state index contributed by atoms with van der Waals surface area (Å²) in [5, 5.41) is 5.84. The summed E-state index contributed by atoms with van der Waals surface area (Å²) in [6.07, 6.45) is 6.81. The van der Waals surface area contributed by atoms with Gasteiger partial charge in [0.15, 0.2) is 11.5 Å². The van der Waals surface area contributed by atoms with Gasteiger partial charge < -0.3 is 29.6 Å². The number of anilines is 1. The molecule has 3 heterocycles. The van der Waals surface area contributed by atoms with Crippen LogP contribution in [0.25, 0.3) is 0 Å². The van der Waals surface area contributed by atoms with E-state index in [9.17, 15) is 4.79 Å². The zero-order chi connectivity index (χ0) is 27.2. The molecular formula is C30H34N4O5. The molecule has 3 aromatic rings. The van der Waals surface area contributed by atoms with Gasteiger partial charge in [0.05, 0.1) is 20.1 Å². The van der Waals surface area contributed by atoms with Gasteiger partial charge in [0.2, 0.25) is 6.29 Å². The molecule has 2 unspecified atom stereocenters. The van der Waals surface area contributed by atoms with Crippen LogP contribution in [0.1, 0.15) is 34.2 Å². The van der Waals surface area contributed by atoms with E-state index in [1.165, 1.54) is 5.56 Å². The largest absolute Gasteiger partial charge is 0.493 e. The molecule has 2 aliphatic heterocycles. The number of ether oxygens (including phenoxy) is 4. The van der Waals surface area contributed by atoms with Crippen molar-refractivity contribution in [2.75, 3.05) is 39.2 Å². The van der Waals surface area contributed by atoms with Crippen molar-refractivity contribution in [3.63, 3.8) is 0 Å². The van der Waals surface area contributed by atoms with E-state index in [0.29, 0.717) is 30.3 Å². The first-order chi connectivity index (χ1) is 19.1. The minimum atomic E-state index is -0.499. The van der Waals surface area contributed by atoms with E-state index in [0.717, 1.165) is 29.7 Å². The molecule has 0 bridgehead atoms. The summed E-state index contributed by atoms with van der Waals surface area (Å²) in [7, 11) is 3.30. The Hall–Kier alpha value is -4.24. The standard InChI is InChI=1S/C30H34N4O5/c1-20-5-4-6-22(17-20)27(29-38-15-16-39-29)28-24-19-26(37-3)25(36-2)18-21(24)9-13-34(28)14-12-32-30(35)33-23-7-10-31-11-8-23/h4-8,10-11,15-19,27-29H,9,12-14H2,1-3H3,(H2,31,32,33,35). The highest BCUT2D eigenvalue weighted by Gasteiger charge is 2.42. The van der Waals surface area contributed by atoms with Gasteiger partial charge in [-0.25, -0.2) is 4.79 Å². The molecule has 2 N–H and O–H groups in total. The number of urea groups is 1. The number of pyridine rings is 1. The molecule has 39 heavy (non-hydrogen) atoms. The van der Waals surface area contributed by atoms with Crippen molar-refractivity contribution >= 4 is 11.7 Å². The summed E-state index contributed by atoms with van der Waals surface area (Å²) in [6.45, 7) is 3.97. The van der Waals surface area contributed by atoms with Crippen LogP contribution in [0.15, 0.2) is 73.4 Å². The van der Waals surface area contributed by atoms with Gasteiger partial charge in [-0.05, 0) is 54.3 Å². The van der Waals surface area contributed by atoms with E-state index in [4.69, 9.17) is 18.9 Å². The maximum absolute atomic E-state index is 12.6. The second kappa shape index (κ2) is 12.1. The summed E-state index contributed by atoms with van der Waals surface area (Å²) < 4.78 is 23.2. The van der Waals surface area contributed by atoms with Crippen LogP contribution < -0.4 is 20.1 Å². The van der Waals surface area contributed by atoms with Crippen LogP contribution >= 0.6 is 0 Å². The number of hydrogen-bond acceptors (Lipinski definition) is 7. The minimum absolute atomic E-state index is 0.106. The number of aromatic nitrogens is 1. The Balaban J connectivity index is 1.46. The minimum Gasteiger partial charge on any atom is -0.493 e. The maximum Gasteiger partial charge on any atom is 0.319 e. The lowest BCUT2D eigenvalue weighted by Gasteiger charge is -2.43. The number of amides is 2. The Morgan fingerprint density at radius 3 is 2.54 bits per heavy atom. The number of carbonyl (C=O) groups is 1. The lowest BCUT2D eigenvalue weighted by Crippen LogP contribution is -2.45. The Morgan fingerprint density at radius 1 is 1.08 bits per heavy atom. The quantitative estimate of drug-likeness (QED) is 0.412. The van der Waals surface area contributed by atoms with Crippen LogP contribution in [0.4, 0.5) is 10.5 Å². The second-order valence-electron chi connectivity index (χ2n) is 9.61. The molecule has 9 heteroatoms. The molecule has 0 fully saturated rings. The number of carbonyl (C=O) groups excluding carboxylic acids is 1. The fourth-order valence-corrected chi connectivity index (χ4v) is 5.41. The molecule has 9 nitrogen and oxygen atoms in total. The number of nitrogens with one attached hydrogen (secondary N) is 2. The molecule has 204 valence electrons. The second-order valence-corrected chi connectivity index (χ2v) is 9.61. The topological polar surface area (TPSA) is 94.2 Å². The van der Waals surface area contributed by atoms with Crippen molar-refractivity contribution in [1.29, 1.82) is 0 Å². The number of fused-ring (bicyclic) bond motifs is 1. The molecule has 0 radical (unpaired) electrons. The van der Waals surface area contributed by atoms with E-state index in [1.807, 2.05) is 0 Å². The Bertz CT molecular complexity index is 1310. The average Bonchev–Trinajstić information content (AvgIpc) is 3.48. The highest BCUT2D eigenvalue weighted by Crippen LogP contribution is 2.47. The zero-order valence-electron chi connectivity index (χ0n) is 22.4. The molecule has 0 saturated heterocycles. The van der Waals surface area contributed by atoms with Crippen molar-refractivity contribution < 1.29 is 23.7 Å². The third kappa shape index (κ3) is 5.93. The van der Waals surface area contributed by atoms with Crippen molar-refractivity contribution in [2.24, 2.45) is 0 Å². The van der Waals surface area contributed by atoms with Crippen LogP contribution in [0.5, 0.6) is 11.5 Å². The zero-order valence-corrected chi connectivity index (χ0v) is 22.4. The van der Waals surface area contributed by atoms with Gasteiger partial charge in [-0.1, -0.05) is 29.8 Å². The Morgan fingerprint density at radius 2 is 1.82 bits per heavy atom. The fourth-order valence-electron chi connectivity index (χ4n) is 5.41. The molecule has 0 aliphatic carbocycles. The molecule has 2 aliphatic rings. The normalized spacial score (nSPS) is 17.5. The molecule has 5 rings (SSSR count). The van der Waals surface area contributed by atoms with Gasteiger partial charge >= 0.3 is 6.03 Å². The highest BCUT2D eigenvalue weighted by atomic mass is 16.7. The highest BCUT2D eigenvalue weighted by molar-refractivity contribution is 5.89. The van der Waals surface area contributed by atoms with Gasteiger partial charge in [0, 0.05) is 43.8 Å². The first kappa shape index (κ1) is 26.4. The van der Waals surface area contributed by atoms with Crippen molar-refractivity contribution in [1.82, 2.24) is 15.2 Å². The predicted molar refractivity (Wildman–Crippen MR) is 148 cm³/mol. The van der Waals surface area contributed by atoms with Crippen molar-refractivity contribution in [3.8, 4) is 11.5 Å². The number of benzene rings is 2. The van der Waals surface area contributed by atoms with Gasteiger partial charge in [0.25, 0.3) is 0 Å². The van der Waals surface area contributed by atoms with Crippen LogP contribution in [0.2, 0.25) is 0 Å². The summed E-state index contributed by atoms with van der Waals surface area (Å²) in [4.78, 5) is 18.9. The SMILES string of the molecule is COc1cc2c(cc1OC)C(C(c1cccc(C)c1)C1OC=CO1)N(CCNC(=O)Nc1ccncc1)CC2. The molecule has 0 spiro atoms. The van der Waals surface area contributed by atoms with Crippen LogP contribution in [-0.4, -0.2) is 56.1 Å². The summed E-state index contributed by atoms with van der Waals surface area (Å²) in [5.74, 6) is 1.23. The third-order valence-corrected chi connectivity index (χ3v) is 7.19. The number of rotatable bonds is 9. The Labute approximate surface area is 228 Å². The predicted octanol–water partition coefficient (Wildman–Crippen LogP) is 4.76. The number of nitrogens with zero attached hydrogens (tertiary/aromatic N) is 2. The van der Waals surface area contributed by atoms with Crippen LogP contribution in [0, 0.1) is 6.92 Å². The van der Waals surface area contributed by atoms with Gasteiger partial charge in [-0.3, -0.25) is 9.88 Å². The first-order valence-electron chi connectivity index (χ1n) is 13.0. The smallest absolute Gasteiger partial charge is 0.319 e. The number of hydrogen-bond donors (Lipinski definition) is 2. The van der Waals surface area contributed by atoms with E-state index in [2.05, 4.69) is 63.8 Å². The summed E-state index contributed by atoms with van der Waals surface area (Å²) in [5.41, 5.74) is 5.29. The Kier molecular flexibility index (Phi) is 8.17. The van der Waals surface area contributed by atoms with E-state index in [-0.39, 0.29) is 18.0 Å². The first-order valence-corrected chi connectivity index (χ1v) is 13.0. The van der Waals surface area contributed by atoms with E-state index >= 15 is 0 Å². The lowest BCUT2D eigenvalue weighted by atomic mass is 9.80. The summed E-state index contributed by atoms with van der Waals surface area (Å²) in [6, 6.07) is 15.7. The molecule has 2 atom stereocenters. The van der Waals surface area contributed by atoms with Crippen LogP contribution in [-0.2, 0) is 15.9 Å². The fraction of sp³-hybridized carbons (Fsp3) is 0.333. The van der Waals surface area contributed by atoms with Gasteiger partial charge in [0.1, 0.15) is 12.5 Å². The molecule has 2 amide bonds. The van der Waals surface area contributed by atoms with Crippen LogP contribution in [0.3, 0.4) is 0 Å². The van der Waals surface area contributed by atoms with E-state index in [1.54, 1.807) is 51.3 Å². The third-order valence-electron chi connectivity index (χ3n) is 7.19. The van der Waals surface area contributed by atoms with Gasteiger partial charge in [-0.2, -0.15) is 0 Å².